The molecule has 3 rings (SSSR count). The van der Waals surface area contributed by atoms with Gasteiger partial charge in [0.25, 0.3) is 5.91 Å². The second kappa shape index (κ2) is 7.53. The van der Waals surface area contributed by atoms with E-state index in [4.69, 9.17) is 9.47 Å². The number of hydrogen-bond acceptors (Lipinski definition) is 3. The highest BCUT2D eigenvalue weighted by Crippen LogP contribution is 2.23. The summed E-state index contributed by atoms with van der Waals surface area (Å²) in [4.78, 5) is 12.3. The van der Waals surface area contributed by atoms with Crippen molar-refractivity contribution in [3.05, 3.63) is 83.9 Å². The van der Waals surface area contributed by atoms with Crippen LogP contribution in [0.5, 0.6) is 17.2 Å². The van der Waals surface area contributed by atoms with Gasteiger partial charge in [-0.05, 0) is 73.2 Å². The van der Waals surface area contributed by atoms with E-state index < -0.39 is 0 Å². The van der Waals surface area contributed by atoms with Gasteiger partial charge in [0.1, 0.15) is 17.2 Å². The zero-order valence-corrected chi connectivity index (χ0v) is 14.2. The summed E-state index contributed by atoms with van der Waals surface area (Å²) in [6, 6.07) is 22.1. The van der Waals surface area contributed by atoms with E-state index in [9.17, 15) is 4.79 Å². The minimum atomic E-state index is -0.174. The second-order valence-electron chi connectivity index (χ2n) is 5.63. The lowest BCUT2D eigenvalue weighted by molar-refractivity contribution is 0.102. The van der Waals surface area contributed by atoms with Gasteiger partial charge in [-0.25, -0.2) is 0 Å². The number of nitrogens with one attached hydrogen (secondary N) is 1. The molecule has 0 aliphatic rings. The van der Waals surface area contributed by atoms with E-state index >= 15 is 0 Å². The Morgan fingerprint density at radius 3 is 2.16 bits per heavy atom. The van der Waals surface area contributed by atoms with Gasteiger partial charge < -0.3 is 14.8 Å². The molecule has 25 heavy (non-hydrogen) atoms. The van der Waals surface area contributed by atoms with E-state index in [-0.39, 0.29) is 5.91 Å². The number of methoxy groups -OCH3 is 1. The van der Waals surface area contributed by atoms with Crippen molar-refractivity contribution in [3.63, 3.8) is 0 Å². The molecule has 0 fully saturated rings. The van der Waals surface area contributed by atoms with Gasteiger partial charge in [-0.2, -0.15) is 0 Å². The Kier molecular flexibility index (Phi) is 5.00. The summed E-state index contributed by atoms with van der Waals surface area (Å²) in [7, 11) is 1.61. The van der Waals surface area contributed by atoms with Crippen LogP contribution in [0.15, 0.2) is 72.8 Å². The predicted octanol–water partition coefficient (Wildman–Crippen LogP) is 5.05. The van der Waals surface area contributed by atoms with E-state index in [1.807, 2.05) is 31.2 Å². The third kappa shape index (κ3) is 4.38. The Morgan fingerprint density at radius 2 is 1.52 bits per heavy atom. The quantitative estimate of drug-likeness (QED) is 0.711. The number of hydrogen-bond donors (Lipinski definition) is 1. The van der Waals surface area contributed by atoms with Crippen LogP contribution in [-0.2, 0) is 0 Å². The largest absolute Gasteiger partial charge is 0.497 e. The zero-order chi connectivity index (χ0) is 17.6. The highest BCUT2D eigenvalue weighted by atomic mass is 16.5. The van der Waals surface area contributed by atoms with Crippen molar-refractivity contribution in [2.24, 2.45) is 0 Å². The van der Waals surface area contributed by atoms with Gasteiger partial charge in [0.05, 0.1) is 7.11 Å². The lowest BCUT2D eigenvalue weighted by Crippen LogP contribution is -2.11. The molecule has 3 aromatic rings. The first-order valence-electron chi connectivity index (χ1n) is 7.94. The minimum absolute atomic E-state index is 0.174. The summed E-state index contributed by atoms with van der Waals surface area (Å²) in [5.74, 6) is 2.03. The van der Waals surface area contributed by atoms with Gasteiger partial charge in [-0.1, -0.05) is 12.1 Å². The number of benzene rings is 3. The third-order valence-corrected chi connectivity index (χ3v) is 3.69. The van der Waals surface area contributed by atoms with E-state index in [1.165, 1.54) is 0 Å². The molecule has 0 aliphatic carbocycles. The fourth-order valence-electron chi connectivity index (χ4n) is 2.37. The number of ether oxygens (including phenoxy) is 2. The van der Waals surface area contributed by atoms with E-state index in [2.05, 4.69) is 5.32 Å². The van der Waals surface area contributed by atoms with Gasteiger partial charge in [-0.15, -0.1) is 0 Å². The molecule has 1 N–H and O–H groups in total. The van der Waals surface area contributed by atoms with Gasteiger partial charge in [0, 0.05) is 11.3 Å². The maximum absolute atomic E-state index is 12.3. The normalized spacial score (nSPS) is 10.2. The first-order valence-corrected chi connectivity index (χ1v) is 7.94. The molecule has 0 radical (unpaired) electrons. The van der Waals surface area contributed by atoms with Crippen molar-refractivity contribution >= 4 is 11.6 Å². The van der Waals surface area contributed by atoms with E-state index in [0.29, 0.717) is 17.0 Å². The average Bonchev–Trinajstić information content (AvgIpc) is 2.63. The Labute approximate surface area is 147 Å². The molecule has 4 heteroatoms. The molecule has 0 heterocycles. The van der Waals surface area contributed by atoms with Crippen molar-refractivity contribution in [2.45, 2.75) is 6.92 Å². The molecule has 126 valence electrons. The Bertz CT molecular complexity index is 855. The van der Waals surface area contributed by atoms with Crippen LogP contribution in [-0.4, -0.2) is 13.0 Å². The topological polar surface area (TPSA) is 47.6 Å². The van der Waals surface area contributed by atoms with Gasteiger partial charge in [-0.3, -0.25) is 4.79 Å². The van der Waals surface area contributed by atoms with Crippen LogP contribution >= 0.6 is 0 Å². The number of anilines is 1. The minimum Gasteiger partial charge on any atom is -0.497 e. The molecular formula is C21H19NO3. The van der Waals surface area contributed by atoms with Crippen LogP contribution in [0.2, 0.25) is 0 Å². The summed E-state index contributed by atoms with van der Waals surface area (Å²) in [6.07, 6.45) is 0. The fraction of sp³-hybridized carbons (Fsp3) is 0.0952. The molecule has 0 unspecified atom stereocenters. The van der Waals surface area contributed by atoms with Crippen molar-refractivity contribution in [3.8, 4) is 17.2 Å². The average molecular weight is 333 g/mol. The summed E-state index contributed by atoms with van der Waals surface area (Å²) >= 11 is 0. The number of carbonyl (C=O) groups excluding carboxylic acids is 1. The zero-order valence-electron chi connectivity index (χ0n) is 14.2. The fourth-order valence-corrected chi connectivity index (χ4v) is 2.37. The summed E-state index contributed by atoms with van der Waals surface area (Å²) in [5, 5.41) is 2.85. The van der Waals surface area contributed by atoms with Crippen molar-refractivity contribution in [2.75, 3.05) is 12.4 Å². The molecule has 0 bridgehead atoms. The lowest BCUT2D eigenvalue weighted by atomic mass is 10.2. The van der Waals surface area contributed by atoms with Crippen LogP contribution in [0.4, 0.5) is 5.69 Å². The van der Waals surface area contributed by atoms with Crippen LogP contribution in [0.25, 0.3) is 0 Å². The molecule has 3 aromatic carbocycles. The monoisotopic (exact) mass is 333 g/mol. The molecular weight excluding hydrogens is 314 g/mol. The van der Waals surface area contributed by atoms with Gasteiger partial charge in [0.15, 0.2) is 0 Å². The van der Waals surface area contributed by atoms with Gasteiger partial charge >= 0.3 is 0 Å². The molecule has 0 saturated carbocycles. The Morgan fingerprint density at radius 1 is 0.840 bits per heavy atom. The molecule has 0 aliphatic heterocycles. The molecule has 0 saturated heterocycles. The lowest BCUT2D eigenvalue weighted by Gasteiger charge is -2.08. The summed E-state index contributed by atoms with van der Waals surface area (Å²) in [5.41, 5.74) is 2.41. The first kappa shape index (κ1) is 16.6. The van der Waals surface area contributed by atoms with Crippen molar-refractivity contribution in [1.29, 1.82) is 0 Å². The summed E-state index contributed by atoms with van der Waals surface area (Å²) < 4.78 is 10.9. The molecule has 1 amide bonds. The second-order valence-corrected chi connectivity index (χ2v) is 5.63. The first-order chi connectivity index (χ1) is 12.1. The highest BCUT2D eigenvalue weighted by Gasteiger charge is 2.07. The molecule has 0 aromatic heterocycles. The predicted molar refractivity (Wildman–Crippen MR) is 98.6 cm³/mol. The number of rotatable bonds is 5. The number of amides is 1. The van der Waals surface area contributed by atoms with Crippen LogP contribution < -0.4 is 14.8 Å². The van der Waals surface area contributed by atoms with E-state index in [1.54, 1.807) is 55.6 Å². The van der Waals surface area contributed by atoms with E-state index in [0.717, 1.165) is 17.1 Å². The molecule has 0 spiro atoms. The number of aryl methyl sites for hydroxylation is 1. The standard InChI is InChI=1S/C21H19NO3/c1-15-4-3-5-20(14-15)25-19-10-6-16(7-11-19)21(23)22-17-8-12-18(24-2)13-9-17/h3-14H,1-2H3,(H,22,23). The Balaban J connectivity index is 1.65. The molecule has 4 nitrogen and oxygen atoms in total. The third-order valence-electron chi connectivity index (χ3n) is 3.69. The molecule has 0 atom stereocenters. The maximum atomic E-state index is 12.3. The van der Waals surface area contributed by atoms with Crippen LogP contribution in [0.3, 0.4) is 0 Å². The van der Waals surface area contributed by atoms with Crippen molar-refractivity contribution < 1.29 is 14.3 Å². The number of carbonyl (C=O) groups is 1. The SMILES string of the molecule is COc1ccc(NC(=O)c2ccc(Oc3cccc(C)c3)cc2)cc1. The van der Waals surface area contributed by atoms with Crippen molar-refractivity contribution in [1.82, 2.24) is 0 Å². The maximum Gasteiger partial charge on any atom is 0.255 e. The smallest absolute Gasteiger partial charge is 0.255 e. The van der Waals surface area contributed by atoms with Crippen LogP contribution in [0.1, 0.15) is 15.9 Å². The summed E-state index contributed by atoms with van der Waals surface area (Å²) in [6.45, 7) is 2.01. The Hall–Kier alpha value is -3.27. The highest BCUT2D eigenvalue weighted by molar-refractivity contribution is 6.04. The van der Waals surface area contributed by atoms with Crippen LogP contribution in [0, 0.1) is 6.92 Å². The van der Waals surface area contributed by atoms with Gasteiger partial charge in [0.2, 0.25) is 0 Å².